The van der Waals surface area contributed by atoms with Crippen molar-refractivity contribution in [3.63, 3.8) is 0 Å². The Morgan fingerprint density at radius 3 is 2.80 bits per heavy atom. The third-order valence-electron chi connectivity index (χ3n) is 2.57. The highest BCUT2D eigenvalue weighted by Gasteiger charge is 2.09. The molecule has 20 heavy (non-hydrogen) atoms. The van der Waals surface area contributed by atoms with Gasteiger partial charge in [-0.05, 0) is 30.3 Å². The SMILES string of the molecule is Nc1ccc(Cl)cc1C(=O)N/N=C\c1ccccc1O. The number of nitrogen functional groups attached to an aromatic ring is 1. The van der Waals surface area contributed by atoms with Gasteiger partial charge in [-0.2, -0.15) is 5.10 Å². The number of aromatic hydroxyl groups is 1. The maximum atomic E-state index is 11.9. The molecule has 0 heterocycles. The van der Waals surface area contributed by atoms with E-state index in [9.17, 15) is 9.90 Å². The molecule has 0 radical (unpaired) electrons. The Labute approximate surface area is 120 Å². The smallest absolute Gasteiger partial charge is 0.273 e. The van der Waals surface area contributed by atoms with Crippen LogP contribution in [0.3, 0.4) is 0 Å². The largest absolute Gasteiger partial charge is 0.507 e. The molecule has 0 spiro atoms. The monoisotopic (exact) mass is 289 g/mol. The summed E-state index contributed by atoms with van der Waals surface area (Å²) in [5.41, 5.74) is 9.05. The van der Waals surface area contributed by atoms with Crippen LogP contribution in [0.1, 0.15) is 15.9 Å². The summed E-state index contributed by atoms with van der Waals surface area (Å²) in [6.07, 6.45) is 1.34. The zero-order valence-electron chi connectivity index (χ0n) is 10.4. The van der Waals surface area contributed by atoms with Gasteiger partial charge in [-0.1, -0.05) is 23.7 Å². The number of benzene rings is 2. The van der Waals surface area contributed by atoms with Gasteiger partial charge in [0.2, 0.25) is 0 Å². The fourth-order valence-corrected chi connectivity index (χ4v) is 1.71. The van der Waals surface area contributed by atoms with E-state index >= 15 is 0 Å². The highest BCUT2D eigenvalue weighted by molar-refractivity contribution is 6.31. The van der Waals surface area contributed by atoms with Crippen LogP contribution in [-0.2, 0) is 0 Å². The molecule has 0 saturated heterocycles. The first-order chi connectivity index (χ1) is 9.58. The molecule has 2 rings (SSSR count). The van der Waals surface area contributed by atoms with E-state index < -0.39 is 5.91 Å². The Balaban J connectivity index is 2.09. The molecular formula is C14H12ClN3O2. The number of hydrazone groups is 1. The average molecular weight is 290 g/mol. The lowest BCUT2D eigenvalue weighted by atomic mass is 10.2. The van der Waals surface area contributed by atoms with Crippen molar-refractivity contribution in [2.45, 2.75) is 0 Å². The molecule has 0 unspecified atom stereocenters. The Morgan fingerprint density at radius 2 is 2.05 bits per heavy atom. The van der Waals surface area contributed by atoms with Gasteiger partial charge in [0.1, 0.15) is 5.75 Å². The van der Waals surface area contributed by atoms with Crippen molar-refractivity contribution < 1.29 is 9.90 Å². The quantitative estimate of drug-likeness (QED) is 0.460. The molecule has 0 fully saturated rings. The fourth-order valence-electron chi connectivity index (χ4n) is 1.54. The lowest BCUT2D eigenvalue weighted by molar-refractivity contribution is 0.0956. The summed E-state index contributed by atoms with van der Waals surface area (Å²) in [6.45, 7) is 0. The van der Waals surface area contributed by atoms with Crippen molar-refractivity contribution in [3.05, 3.63) is 58.6 Å². The second-order valence-corrected chi connectivity index (χ2v) is 4.43. The first kappa shape index (κ1) is 13.9. The van der Waals surface area contributed by atoms with Crippen molar-refractivity contribution in [1.29, 1.82) is 0 Å². The molecule has 5 nitrogen and oxygen atoms in total. The first-order valence-corrected chi connectivity index (χ1v) is 6.12. The number of amides is 1. The van der Waals surface area contributed by atoms with Gasteiger partial charge in [0.15, 0.2) is 0 Å². The molecule has 102 valence electrons. The molecule has 2 aromatic rings. The van der Waals surface area contributed by atoms with Gasteiger partial charge in [0, 0.05) is 16.3 Å². The lowest BCUT2D eigenvalue weighted by Crippen LogP contribution is -2.19. The van der Waals surface area contributed by atoms with Crippen molar-refractivity contribution >= 4 is 29.4 Å². The second kappa shape index (κ2) is 6.08. The number of rotatable bonds is 3. The molecule has 0 aliphatic rings. The number of nitrogens with one attached hydrogen (secondary N) is 1. The molecule has 0 bridgehead atoms. The van der Waals surface area contributed by atoms with Crippen molar-refractivity contribution in [2.24, 2.45) is 5.10 Å². The Kier molecular flexibility index (Phi) is 4.22. The lowest BCUT2D eigenvalue weighted by Gasteiger charge is -2.04. The second-order valence-electron chi connectivity index (χ2n) is 3.99. The Bertz CT molecular complexity index is 671. The van der Waals surface area contributed by atoms with Crippen LogP contribution in [-0.4, -0.2) is 17.2 Å². The number of nitrogens with two attached hydrogens (primary N) is 1. The zero-order chi connectivity index (χ0) is 14.5. The normalized spacial score (nSPS) is 10.7. The minimum atomic E-state index is -0.475. The van der Waals surface area contributed by atoms with Gasteiger partial charge in [-0.15, -0.1) is 0 Å². The Hall–Kier alpha value is -2.53. The molecule has 0 atom stereocenters. The number of anilines is 1. The van der Waals surface area contributed by atoms with Crippen LogP contribution >= 0.6 is 11.6 Å². The highest BCUT2D eigenvalue weighted by Crippen LogP contribution is 2.17. The summed E-state index contributed by atoms with van der Waals surface area (Å²) in [5.74, 6) is -0.399. The van der Waals surface area contributed by atoms with Crippen LogP contribution in [0, 0.1) is 0 Å². The van der Waals surface area contributed by atoms with Crippen LogP contribution < -0.4 is 11.2 Å². The first-order valence-electron chi connectivity index (χ1n) is 5.74. The molecule has 0 aliphatic carbocycles. The van der Waals surface area contributed by atoms with Crippen LogP contribution in [0.15, 0.2) is 47.6 Å². The number of halogens is 1. The number of hydrogen-bond acceptors (Lipinski definition) is 4. The van der Waals surface area contributed by atoms with Crippen molar-refractivity contribution in [3.8, 4) is 5.75 Å². The number of carbonyl (C=O) groups excluding carboxylic acids is 1. The standard InChI is InChI=1S/C14H12ClN3O2/c15-10-5-6-12(16)11(7-10)14(20)18-17-8-9-3-1-2-4-13(9)19/h1-8,19H,16H2,(H,18,20)/b17-8-. The van der Waals surface area contributed by atoms with E-state index in [0.29, 0.717) is 16.3 Å². The molecule has 0 aromatic heterocycles. The summed E-state index contributed by atoms with van der Waals surface area (Å²) in [5, 5.41) is 13.7. The summed E-state index contributed by atoms with van der Waals surface area (Å²) in [6, 6.07) is 11.2. The summed E-state index contributed by atoms with van der Waals surface area (Å²) in [7, 11) is 0. The van der Waals surface area contributed by atoms with Crippen molar-refractivity contribution in [2.75, 3.05) is 5.73 Å². The van der Waals surface area contributed by atoms with E-state index in [-0.39, 0.29) is 11.3 Å². The third kappa shape index (κ3) is 3.27. The van der Waals surface area contributed by atoms with E-state index in [1.165, 1.54) is 18.3 Å². The van der Waals surface area contributed by atoms with Crippen LogP contribution in [0.5, 0.6) is 5.75 Å². The minimum absolute atomic E-state index is 0.0766. The van der Waals surface area contributed by atoms with Gasteiger partial charge in [0.25, 0.3) is 5.91 Å². The number of para-hydroxylation sites is 1. The van der Waals surface area contributed by atoms with Gasteiger partial charge in [-0.3, -0.25) is 4.79 Å². The predicted molar refractivity (Wildman–Crippen MR) is 79.0 cm³/mol. The summed E-state index contributed by atoms with van der Waals surface area (Å²) >= 11 is 5.80. The topological polar surface area (TPSA) is 87.7 Å². The number of phenols is 1. The molecule has 6 heteroatoms. The minimum Gasteiger partial charge on any atom is -0.507 e. The maximum absolute atomic E-state index is 11.9. The van der Waals surface area contributed by atoms with Gasteiger partial charge in [0.05, 0.1) is 11.8 Å². The van der Waals surface area contributed by atoms with E-state index in [0.717, 1.165) is 0 Å². The van der Waals surface area contributed by atoms with Crippen molar-refractivity contribution in [1.82, 2.24) is 5.43 Å². The molecular weight excluding hydrogens is 278 g/mol. The van der Waals surface area contributed by atoms with E-state index in [4.69, 9.17) is 17.3 Å². The number of hydrogen-bond donors (Lipinski definition) is 3. The maximum Gasteiger partial charge on any atom is 0.273 e. The highest BCUT2D eigenvalue weighted by atomic mass is 35.5. The fraction of sp³-hybridized carbons (Fsp3) is 0. The van der Waals surface area contributed by atoms with E-state index in [1.54, 1.807) is 30.3 Å². The van der Waals surface area contributed by atoms with Gasteiger partial charge >= 0.3 is 0 Å². The third-order valence-corrected chi connectivity index (χ3v) is 2.80. The van der Waals surface area contributed by atoms with Gasteiger partial charge < -0.3 is 10.8 Å². The molecule has 4 N–H and O–H groups in total. The molecule has 0 aliphatic heterocycles. The van der Waals surface area contributed by atoms with Crippen LogP contribution in [0.2, 0.25) is 5.02 Å². The van der Waals surface area contributed by atoms with E-state index in [1.807, 2.05) is 0 Å². The molecule has 1 amide bonds. The van der Waals surface area contributed by atoms with Gasteiger partial charge in [-0.25, -0.2) is 5.43 Å². The number of carbonyl (C=O) groups is 1. The summed E-state index contributed by atoms with van der Waals surface area (Å²) < 4.78 is 0. The zero-order valence-corrected chi connectivity index (χ0v) is 11.1. The van der Waals surface area contributed by atoms with Crippen LogP contribution in [0.25, 0.3) is 0 Å². The predicted octanol–water partition coefficient (Wildman–Crippen LogP) is 2.39. The molecule has 2 aromatic carbocycles. The number of phenolic OH excluding ortho intramolecular Hbond substituents is 1. The number of nitrogens with zero attached hydrogens (tertiary/aromatic N) is 1. The Morgan fingerprint density at radius 1 is 1.30 bits per heavy atom. The van der Waals surface area contributed by atoms with E-state index in [2.05, 4.69) is 10.5 Å². The summed E-state index contributed by atoms with van der Waals surface area (Å²) in [4.78, 5) is 11.9. The van der Waals surface area contributed by atoms with Crippen LogP contribution in [0.4, 0.5) is 5.69 Å². The molecule has 0 saturated carbocycles. The average Bonchev–Trinajstić information content (AvgIpc) is 2.43.